The Kier molecular flexibility index (Phi) is 3.53. The molecule has 2 aromatic rings. The van der Waals surface area contributed by atoms with Gasteiger partial charge in [0.25, 0.3) is 5.56 Å². The zero-order chi connectivity index (χ0) is 12.4. The summed E-state index contributed by atoms with van der Waals surface area (Å²) in [5, 5.41) is 1.10. The number of para-hydroxylation sites is 1. The lowest BCUT2D eigenvalue weighted by Gasteiger charge is -2.15. The minimum Gasteiger partial charge on any atom is -0.306 e. The van der Waals surface area contributed by atoms with E-state index in [-0.39, 0.29) is 11.6 Å². The second kappa shape index (κ2) is 4.92. The summed E-state index contributed by atoms with van der Waals surface area (Å²) >= 11 is 5.74. The molecule has 0 unspecified atom stereocenters. The molecular weight excluding hydrogens is 234 g/mol. The number of benzene rings is 1. The van der Waals surface area contributed by atoms with Crippen molar-refractivity contribution in [1.29, 1.82) is 0 Å². The lowest BCUT2D eigenvalue weighted by molar-refractivity contribution is 0.596. The zero-order valence-electron chi connectivity index (χ0n) is 10.1. The van der Waals surface area contributed by atoms with Crippen LogP contribution in [0.1, 0.15) is 25.5 Å². The van der Waals surface area contributed by atoms with Gasteiger partial charge in [0, 0.05) is 17.5 Å². The molecule has 1 aromatic heterocycles. The van der Waals surface area contributed by atoms with Crippen molar-refractivity contribution in [1.82, 2.24) is 4.57 Å². The molecule has 0 amide bonds. The Morgan fingerprint density at radius 2 is 2.00 bits per heavy atom. The van der Waals surface area contributed by atoms with Crippen LogP contribution < -0.4 is 5.56 Å². The minimum atomic E-state index is 0.0827. The Bertz CT molecular complexity index is 586. The Morgan fingerprint density at radius 1 is 1.29 bits per heavy atom. The first-order valence-corrected chi connectivity index (χ1v) is 6.37. The maximum absolute atomic E-state index is 12.3. The summed E-state index contributed by atoms with van der Waals surface area (Å²) in [6, 6.07) is 10.1. The Balaban J connectivity index is 2.81. The summed E-state index contributed by atoms with van der Waals surface area (Å²) < 4.78 is 1.84. The summed E-state index contributed by atoms with van der Waals surface area (Å²) in [6.07, 6.45) is 0.623. The monoisotopic (exact) mass is 249 g/mol. The predicted octanol–water partition coefficient (Wildman–Crippen LogP) is 3.36. The molecule has 0 aliphatic carbocycles. The average molecular weight is 250 g/mol. The maximum atomic E-state index is 12.3. The van der Waals surface area contributed by atoms with Crippen LogP contribution in [0.2, 0.25) is 0 Å². The van der Waals surface area contributed by atoms with Crippen molar-refractivity contribution in [2.45, 2.75) is 26.3 Å². The third-order valence-electron chi connectivity index (χ3n) is 2.90. The van der Waals surface area contributed by atoms with Gasteiger partial charge in [0.2, 0.25) is 0 Å². The average Bonchev–Trinajstić information content (AvgIpc) is 2.30. The highest BCUT2D eigenvalue weighted by atomic mass is 35.5. The molecule has 17 heavy (non-hydrogen) atoms. The summed E-state index contributed by atoms with van der Waals surface area (Å²) in [6.45, 7) is 4.05. The molecule has 0 N–H and O–H groups in total. The molecule has 0 radical (unpaired) electrons. The van der Waals surface area contributed by atoms with Gasteiger partial charge in [-0.1, -0.05) is 18.2 Å². The number of alkyl halides is 1. The van der Waals surface area contributed by atoms with E-state index >= 15 is 0 Å². The van der Waals surface area contributed by atoms with Crippen molar-refractivity contribution < 1.29 is 0 Å². The van der Waals surface area contributed by atoms with Crippen LogP contribution in [0.5, 0.6) is 0 Å². The van der Waals surface area contributed by atoms with E-state index in [1.165, 1.54) is 0 Å². The number of rotatable bonds is 3. The molecule has 2 nitrogen and oxygen atoms in total. The van der Waals surface area contributed by atoms with E-state index < -0.39 is 0 Å². The van der Waals surface area contributed by atoms with E-state index in [2.05, 4.69) is 0 Å². The van der Waals surface area contributed by atoms with Crippen molar-refractivity contribution in [3.63, 3.8) is 0 Å². The molecule has 3 heteroatoms. The van der Waals surface area contributed by atoms with Crippen LogP contribution in [0.15, 0.2) is 35.1 Å². The normalized spacial score (nSPS) is 11.3. The fourth-order valence-electron chi connectivity index (χ4n) is 2.14. The predicted molar refractivity (Wildman–Crippen MR) is 73.0 cm³/mol. The number of aryl methyl sites for hydroxylation is 1. The SMILES string of the molecule is CC(C)n1c(=O)c(CCCl)cc2ccccc21. The van der Waals surface area contributed by atoms with Crippen LogP contribution in [-0.4, -0.2) is 10.4 Å². The van der Waals surface area contributed by atoms with Crippen molar-refractivity contribution in [2.75, 3.05) is 5.88 Å². The first-order valence-electron chi connectivity index (χ1n) is 5.84. The van der Waals surface area contributed by atoms with Crippen molar-refractivity contribution in [3.8, 4) is 0 Å². The number of fused-ring (bicyclic) bond motifs is 1. The molecule has 90 valence electrons. The van der Waals surface area contributed by atoms with E-state index in [0.717, 1.165) is 16.5 Å². The number of hydrogen-bond donors (Lipinski definition) is 0. The van der Waals surface area contributed by atoms with Crippen LogP contribution in [0.4, 0.5) is 0 Å². The third kappa shape index (κ3) is 2.22. The van der Waals surface area contributed by atoms with E-state index in [9.17, 15) is 4.79 Å². The molecule has 1 heterocycles. The van der Waals surface area contributed by atoms with Crippen LogP contribution in [-0.2, 0) is 6.42 Å². The van der Waals surface area contributed by atoms with E-state index in [0.29, 0.717) is 12.3 Å². The third-order valence-corrected chi connectivity index (χ3v) is 3.09. The highest BCUT2D eigenvalue weighted by Gasteiger charge is 2.10. The highest BCUT2D eigenvalue weighted by molar-refractivity contribution is 6.18. The molecule has 0 atom stereocenters. The van der Waals surface area contributed by atoms with Gasteiger partial charge in [0.1, 0.15) is 0 Å². The second-order valence-electron chi connectivity index (χ2n) is 4.44. The highest BCUT2D eigenvalue weighted by Crippen LogP contribution is 2.17. The number of halogens is 1. The summed E-state index contributed by atoms with van der Waals surface area (Å²) in [7, 11) is 0. The van der Waals surface area contributed by atoms with Gasteiger partial charge in [-0.2, -0.15) is 0 Å². The van der Waals surface area contributed by atoms with E-state index in [4.69, 9.17) is 11.6 Å². The first-order chi connectivity index (χ1) is 8.15. The maximum Gasteiger partial charge on any atom is 0.254 e. The second-order valence-corrected chi connectivity index (χ2v) is 4.81. The molecule has 0 saturated heterocycles. The fraction of sp³-hybridized carbons (Fsp3) is 0.357. The van der Waals surface area contributed by atoms with Gasteiger partial charge in [0.05, 0.1) is 5.52 Å². The van der Waals surface area contributed by atoms with Crippen LogP contribution >= 0.6 is 11.6 Å². The minimum absolute atomic E-state index is 0.0827. The summed E-state index contributed by atoms with van der Waals surface area (Å²) in [5.74, 6) is 0.478. The van der Waals surface area contributed by atoms with Crippen molar-refractivity contribution in [3.05, 3.63) is 46.2 Å². The van der Waals surface area contributed by atoms with Gasteiger partial charge in [-0.05, 0) is 37.8 Å². The molecule has 2 rings (SSSR count). The van der Waals surface area contributed by atoms with Crippen LogP contribution in [0.3, 0.4) is 0 Å². The molecule has 0 saturated carbocycles. The van der Waals surface area contributed by atoms with Gasteiger partial charge >= 0.3 is 0 Å². The van der Waals surface area contributed by atoms with Crippen molar-refractivity contribution >= 4 is 22.5 Å². The van der Waals surface area contributed by atoms with Gasteiger partial charge in [-0.15, -0.1) is 11.6 Å². The van der Waals surface area contributed by atoms with Crippen molar-refractivity contribution in [2.24, 2.45) is 0 Å². The quantitative estimate of drug-likeness (QED) is 0.765. The Hall–Kier alpha value is -1.28. The number of hydrogen-bond acceptors (Lipinski definition) is 1. The largest absolute Gasteiger partial charge is 0.306 e. The molecule has 0 fully saturated rings. The molecule has 1 aromatic carbocycles. The number of pyridine rings is 1. The molecule has 0 aliphatic rings. The lowest BCUT2D eigenvalue weighted by atomic mass is 10.1. The Labute approximate surface area is 106 Å². The van der Waals surface area contributed by atoms with Gasteiger partial charge in [-0.25, -0.2) is 0 Å². The zero-order valence-corrected chi connectivity index (χ0v) is 10.9. The molecular formula is C14H16ClNO. The molecule has 0 spiro atoms. The molecule has 0 aliphatic heterocycles. The van der Waals surface area contributed by atoms with Gasteiger partial charge in [-0.3, -0.25) is 4.79 Å². The first kappa shape index (κ1) is 12.2. The smallest absolute Gasteiger partial charge is 0.254 e. The van der Waals surface area contributed by atoms with Crippen LogP contribution in [0.25, 0.3) is 10.9 Å². The number of aromatic nitrogens is 1. The number of nitrogens with zero attached hydrogens (tertiary/aromatic N) is 1. The topological polar surface area (TPSA) is 22.0 Å². The van der Waals surface area contributed by atoms with E-state index in [1.54, 1.807) is 0 Å². The van der Waals surface area contributed by atoms with Gasteiger partial charge in [0.15, 0.2) is 0 Å². The van der Waals surface area contributed by atoms with Crippen LogP contribution in [0, 0.1) is 0 Å². The standard InChI is InChI=1S/C14H16ClNO/c1-10(2)16-13-6-4-3-5-11(13)9-12(7-8-15)14(16)17/h3-6,9-10H,7-8H2,1-2H3. The van der Waals surface area contributed by atoms with E-state index in [1.807, 2.05) is 48.7 Å². The fourth-order valence-corrected chi connectivity index (χ4v) is 2.34. The summed E-state index contributed by atoms with van der Waals surface area (Å²) in [5.41, 5.74) is 1.87. The summed E-state index contributed by atoms with van der Waals surface area (Å²) in [4.78, 5) is 12.3. The molecule has 0 bridgehead atoms. The lowest BCUT2D eigenvalue weighted by Crippen LogP contribution is -2.25. The Morgan fingerprint density at radius 3 is 2.65 bits per heavy atom. The van der Waals surface area contributed by atoms with Gasteiger partial charge < -0.3 is 4.57 Å².